The van der Waals surface area contributed by atoms with E-state index in [0.29, 0.717) is 37.4 Å². The van der Waals surface area contributed by atoms with Crippen LogP contribution < -0.4 is 10.6 Å². The molecule has 3 N–H and O–H groups in total. The number of carbonyl (C=O) groups is 4. The predicted molar refractivity (Wildman–Crippen MR) is 193 cm³/mol. The smallest absolute Gasteiger partial charge is 0.248 e. The zero-order valence-corrected chi connectivity index (χ0v) is 28.0. The van der Waals surface area contributed by atoms with E-state index in [1.165, 1.54) is 0 Å². The average Bonchev–Trinajstić information content (AvgIpc) is 3.89. The molecule has 10 nitrogen and oxygen atoms in total. The lowest BCUT2D eigenvalue weighted by Gasteiger charge is -2.24. The Morgan fingerprint density at radius 3 is 1.84 bits per heavy atom. The van der Waals surface area contributed by atoms with Crippen molar-refractivity contribution in [2.24, 2.45) is 0 Å². The van der Waals surface area contributed by atoms with E-state index in [1.807, 2.05) is 97.9 Å². The fourth-order valence-electron chi connectivity index (χ4n) is 7.16. The van der Waals surface area contributed by atoms with E-state index < -0.39 is 12.1 Å². The number of nitrogens with one attached hydrogen (secondary N) is 3. The second-order valence-corrected chi connectivity index (χ2v) is 13.1. The van der Waals surface area contributed by atoms with Crippen LogP contribution in [0.15, 0.2) is 97.2 Å². The summed E-state index contributed by atoms with van der Waals surface area (Å²) in [6.45, 7) is 3.15. The first-order valence-corrected chi connectivity index (χ1v) is 17.2. The number of aryl methyl sites for hydroxylation is 1. The van der Waals surface area contributed by atoms with Crippen LogP contribution in [0.5, 0.6) is 0 Å². The van der Waals surface area contributed by atoms with E-state index in [4.69, 9.17) is 0 Å². The predicted octanol–water partition coefficient (Wildman–Crippen LogP) is 5.88. The van der Waals surface area contributed by atoms with Crippen molar-refractivity contribution in [3.63, 3.8) is 0 Å². The van der Waals surface area contributed by atoms with Crippen LogP contribution in [-0.2, 0) is 32.0 Å². The maximum absolute atomic E-state index is 13.3. The molecule has 2 fully saturated rings. The topological polar surface area (TPSA) is 128 Å². The van der Waals surface area contributed by atoms with E-state index in [2.05, 4.69) is 20.6 Å². The first kappa shape index (κ1) is 32.8. The monoisotopic (exact) mass is 668 g/mol. The number of H-pyrrole nitrogens is 1. The average molecular weight is 669 g/mol. The minimum Gasteiger partial charge on any atom is -0.353 e. The third-order valence-electron chi connectivity index (χ3n) is 9.78. The number of rotatable bonds is 9. The second kappa shape index (κ2) is 14.4. The Labute approximate surface area is 290 Å². The molecule has 2 aromatic heterocycles. The van der Waals surface area contributed by atoms with Gasteiger partial charge in [-0.05, 0) is 73.1 Å². The van der Waals surface area contributed by atoms with Gasteiger partial charge in [-0.15, -0.1) is 0 Å². The molecular formula is C40H40N6O4. The number of aromatic nitrogens is 2. The van der Waals surface area contributed by atoms with Crippen molar-refractivity contribution in [3.05, 3.63) is 114 Å². The number of benzene rings is 3. The number of fused-ring (bicyclic) bond motifs is 1. The van der Waals surface area contributed by atoms with Crippen LogP contribution in [0.3, 0.4) is 0 Å². The molecule has 50 heavy (non-hydrogen) atoms. The van der Waals surface area contributed by atoms with Crippen molar-refractivity contribution in [2.75, 3.05) is 23.7 Å². The molecule has 2 aliphatic heterocycles. The van der Waals surface area contributed by atoms with Crippen LogP contribution in [-0.4, -0.2) is 68.6 Å². The van der Waals surface area contributed by atoms with Crippen LogP contribution in [0, 0.1) is 6.92 Å². The Morgan fingerprint density at radius 2 is 1.28 bits per heavy atom. The van der Waals surface area contributed by atoms with Gasteiger partial charge in [0.15, 0.2) is 0 Å². The van der Waals surface area contributed by atoms with Crippen molar-refractivity contribution in [1.82, 2.24) is 19.8 Å². The molecule has 4 amide bonds. The Balaban J connectivity index is 0.991. The summed E-state index contributed by atoms with van der Waals surface area (Å²) in [6.07, 6.45) is 5.08. The first-order valence-electron chi connectivity index (χ1n) is 17.2. The molecule has 10 heteroatoms. The summed E-state index contributed by atoms with van der Waals surface area (Å²) < 4.78 is 0. The second-order valence-electron chi connectivity index (χ2n) is 13.1. The maximum atomic E-state index is 13.3. The standard InChI is InChI=1S/C40H40N6O4/c1-26-31-24-35(44-40(50)34-15-9-21-46(34)37(48)23-28-12-6-3-7-13-28)41-25-32(31)43-38(26)29-16-18-30(19-17-29)42-39(49)33-14-8-20-45(33)36(47)22-27-10-4-2-5-11-27/h2-7,10-13,16-19,24-25,33-34,43H,8-9,14-15,20-23H2,1H3,(H,42,49)(H,41,44,50)/t33-,34-/m0/s1. The molecule has 0 bridgehead atoms. The molecule has 0 radical (unpaired) electrons. The highest BCUT2D eigenvalue weighted by molar-refractivity contribution is 6.00. The quantitative estimate of drug-likeness (QED) is 0.181. The van der Waals surface area contributed by atoms with E-state index >= 15 is 0 Å². The molecule has 4 heterocycles. The Morgan fingerprint density at radius 1 is 0.740 bits per heavy atom. The summed E-state index contributed by atoms with van der Waals surface area (Å²) in [5.41, 5.74) is 6.18. The molecule has 2 saturated heterocycles. The number of amides is 4. The van der Waals surface area contributed by atoms with Gasteiger partial charge in [-0.3, -0.25) is 19.2 Å². The van der Waals surface area contributed by atoms with E-state index in [9.17, 15) is 19.2 Å². The van der Waals surface area contributed by atoms with Crippen molar-refractivity contribution < 1.29 is 19.2 Å². The normalized spacial score (nSPS) is 17.2. The summed E-state index contributed by atoms with van der Waals surface area (Å²) in [5, 5.41) is 6.88. The lowest BCUT2D eigenvalue weighted by atomic mass is 10.1. The first-order chi connectivity index (χ1) is 24.3. The molecule has 0 saturated carbocycles. The molecule has 7 rings (SSSR count). The third kappa shape index (κ3) is 7.01. The summed E-state index contributed by atoms with van der Waals surface area (Å²) in [7, 11) is 0. The SMILES string of the molecule is Cc1c(-c2ccc(NC(=O)[C@@H]3CCCN3C(=O)Cc3ccccc3)cc2)[nH]c2cnc(NC(=O)[C@@H]3CCCN3C(=O)Cc3ccccc3)cc12. The number of anilines is 2. The number of aromatic amines is 1. The molecule has 5 aromatic rings. The van der Waals surface area contributed by atoms with Gasteiger partial charge in [-0.2, -0.15) is 0 Å². The van der Waals surface area contributed by atoms with E-state index in [1.54, 1.807) is 16.0 Å². The maximum Gasteiger partial charge on any atom is 0.248 e. The number of carbonyl (C=O) groups excluding carboxylic acids is 4. The van der Waals surface area contributed by atoms with Crippen molar-refractivity contribution in [1.29, 1.82) is 0 Å². The van der Waals surface area contributed by atoms with E-state index in [-0.39, 0.29) is 36.5 Å². The van der Waals surface area contributed by atoms with Crippen molar-refractivity contribution >= 4 is 46.0 Å². The van der Waals surface area contributed by atoms with Crippen molar-refractivity contribution in [2.45, 2.75) is 57.5 Å². The number of likely N-dealkylation sites (tertiary alicyclic amines) is 2. The van der Waals surface area contributed by atoms with Gasteiger partial charge in [-0.1, -0.05) is 72.8 Å². The molecule has 0 spiro atoms. The van der Waals surface area contributed by atoms with Crippen LogP contribution >= 0.6 is 0 Å². The number of nitrogens with zero attached hydrogens (tertiary/aromatic N) is 3. The van der Waals surface area contributed by atoms with Gasteiger partial charge in [-0.25, -0.2) is 4.98 Å². The van der Waals surface area contributed by atoms with Gasteiger partial charge in [0.1, 0.15) is 17.9 Å². The van der Waals surface area contributed by atoms with Gasteiger partial charge < -0.3 is 25.4 Å². The van der Waals surface area contributed by atoms with Gasteiger partial charge in [0, 0.05) is 29.9 Å². The molecule has 254 valence electrons. The Bertz CT molecular complexity index is 2030. The molecular weight excluding hydrogens is 628 g/mol. The number of hydrogen-bond acceptors (Lipinski definition) is 5. The fourth-order valence-corrected chi connectivity index (χ4v) is 7.16. The van der Waals surface area contributed by atoms with Gasteiger partial charge in [0.05, 0.1) is 24.6 Å². The summed E-state index contributed by atoms with van der Waals surface area (Å²) in [4.78, 5) is 64.0. The van der Waals surface area contributed by atoms with Crippen LogP contribution in [0.4, 0.5) is 11.5 Å². The minimum absolute atomic E-state index is 0.0369. The Kier molecular flexibility index (Phi) is 9.42. The summed E-state index contributed by atoms with van der Waals surface area (Å²) >= 11 is 0. The van der Waals surface area contributed by atoms with Crippen LogP contribution in [0.25, 0.3) is 22.2 Å². The molecule has 3 aromatic carbocycles. The minimum atomic E-state index is -0.530. The number of pyridine rings is 1. The highest BCUT2D eigenvalue weighted by atomic mass is 16.2. The Hall–Kier alpha value is -5.77. The summed E-state index contributed by atoms with van der Waals surface area (Å²) in [5.74, 6) is -0.0724. The van der Waals surface area contributed by atoms with Crippen molar-refractivity contribution in [3.8, 4) is 11.3 Å². The van der Waals surface area contributed by atoms with Crippen LogP contribution in [0.2, 0.25) is 0 Å². The fraction of sp³-hybridized carbons (Fsp3) is 0.275. The zero-order chi connectivity index (χ0) is 34.6. The third-order valence-corrected chi connectivity index (χ3v) is 9.78. The summed E-state index contributed by atoms with van der Waals surface area (Å²) in [6, 6.07) is 27.6. The lowest BCUT2D eigenvalue weighted by molar-refractivity contribution is -0.136. The number of hydrogen-bond donors (Lipinski definition) is 3. The van der Waals surface area contributed by atoms with Gasteiger partial charge in [0.2, 0.25) is 23.6 Å². The zero-order valence-electron chi connectivity index (χ0n) is 28.0. The molecule has 2 aliphatic rings. The highest BCUT2D eigenvalue weighted by Crippen LogP contribution is 2.32. The lowest BCUT2D eigenvalue weighted by Crippen LogP contribution is -2.43. The molecule has 0 aliphatic carbocycles. The largest absolute Gasteiger partial charge is 0.353 e. The molecule has 0 unspecified atom stereocenters. The van der Waals surface area contributed by atoms with Crippen LogP contribution in [0.1, 0.15) is 42.4 Å². The molecule has 2 atom stereocenters. The van der Waals surface area contributed by atoms with E-state index in [0.717, 1.165) is 51.7 Å². The van der Waals surface area contributed by atoms with Gasteiger partial charge in [0.25, 0.3) is 0 Å². The highest BCUT2D eigenvalue weighted by Gasteiger charge is 2.35. The van der Waals surface area contributed by atoms with Gasteiger partial charge >= 0.3 is 0 Å².